The molecule has 1 N–H and O–H groups in total. The van der Waals surface area contributed by atoms with E-state index in [0.717, 1.165) is 29.1 Å². The quantitative estimate of drug-likeness (QED) is 0.590. The average Bonchev–Trinajstić information content (AvgIpc) is 2.98. The monoisotopic (exact) mass is 322 g/mol. The minimum absolute atomic E-state index is 0. The summed E-state index contributed by atoms with van der Waals surface area (Å²) in [4.78, 5) is 23.8. The molecule has 0 aromatic rings. The Morgan fingerprint density at radius 3 is 3.05 bits per heavy atom. The van der Waals surface area contributed by atoms with Crippen molar-refractivity contribution in [2.24, 2.45) is 15.9 Å². The molecule has 0 bridgehead atoms. The van der Waals surface area contributed by atoms with Crippen molar-refractivity contribution >= 4 is 18.6 Å². The number of hydrogen-bond donors (Lipinski definition) is 1. The third-order valence-corrected chi connectivity index (χ3v) is 4.83. The minimum Gasteiger partial charge on any atom is -1.00 e. The number of amides is 1. The zero-order valence-electron chi connectivity index (χ0n) is 12.6. The Balaban J connectivity index is 0.00000144. The number of cyclic esters (lactones) is 1. The Bertz CT molecular complexity index is 623. The fourth-order valence-electron chi connectivity index (χ4n) is 3.74. The Kier molecular flexibility index (Phi) is 3.61. The molecule has 2 fully saturated rings. The molecule has 22 heavy (non-hydrogen) atoms. The number of allylic oxidation sites excluding steroid dienone is 1. The van der Waals surface area contributed by atoms with E-state index in [0.29, 0.717) is 6.54 Å². The highest BCUT2D eigenvalue weighted by atomic mass is 35.5. The first kappa shape index (κ1) is 15.2. The Morgan fingerprint density at radius 1 is 1.41 bits per heavy atom. The second kappa shape index (κ2) is 5.21. The highest BCUT2D eigenvalue weighted by molar-refractivity contribution is 5.82. The van der Waals surface area contributed by atoms with Crippen LogP contribution in [0.1, 0.15) is 26.7 Å². The lowest BCUT2D eigenvalue weighted by molar-refractivity contribution is -0.682. The number of hydrogen-bond acceptors (Lipinski definition) is 4. The van der Waals surface area contributed by atoms with Gasteiger partial charge in [-0.15, -0.1) is 0 Å². The van der Waals surface area contributed by atoms with Crippen LogP contribution in [0.3, 0.4) is 0 Å². The van der Waals surface area contributed by atoms with E-state index >= 15 is 0 Å². The molecule has 6 nitrogen and oxygen atoms in total. The molecule has 0 saturated carbocycles. The Hall–Kier alpha value is -1.66. The fourth-order valence-corrected chi connectivity index (χ4v) is 3.74. The van der Waals surface area contributed by atoms with Crippen LogP contribution in [0.15, 0.2) is 33.8 Å². The van der Waals surface area contributed by atoms with E-state index in [-0.39, 0.29) is 36.1 Å². The number of quaternary nitrogens is 1. The number of carbonyl (C=O) groups excluding carboxylic acids is 1. The molecule has 1 amide bonds. The van der Waals surface area contributed by atoms with E-state index in [2.05, 4.69) is 9.98 Å². The van der Waals surface area contributed by atoms with Crippen molar-refractivity contribution in [1.29, 1.82) is 0 Å². The van der Waals surface area contributed by atoms with E-state index in [1.807, 2.05) is 37.5 Å². The van der Waals surface area contributed by atoms with Crippen molar-refractivity contribution in [3.05, 3.63) is 23.8 Å². The van der Waals surface area contributed by atoms with E-state index in [1.54, 1.807) is 6.20 Å². The molecule has 118 valence electrons. The van der Waals surface area contributed by atoms with E-state index < -0.39 is 0 Å². The molecular formula is C15H19ClN4O2. The van der Waals surface area contributed by atoms with Gasteiger partial charge in [-0.3, -0.25) is 4.99 Å². The lowest BCUT2D eigenvalue weighted by Crippen LogP contribution is -3.04. The number of ether oxygens (including phenoxy) is 1. The Labute approximate surface area is 135 Å². The van der Waals surface area contributed by atoms with Gasteiger partial charge < -0.3 is 22.0 Å². The van der Waals surface area contributed by atoms with Crippen molar-refractivity contribution in [3.63, 3.8) is 0 Å². The van der Waals surface area contributed by atoms with Crippen molar-refractivity contribution in [2.45, 2.75) is 38.3 Å². The highest BCUT2D eigenvalue weighted by Crippen LogP contribution is 2.39. The molecule has 4 rings (SSSR count). The van der Waals surface area contributed by atoms with E-state index in [9.17, 15) is 4.79 Å². The predicted octanol–water partition coefficient (Wildman–Crippen LogP) is -2.31. The zero-order chi connectivity index (χ0) is 14.6. The fraction of sp³-hybridized carbons (Fsp3) is 0.533. The van der Waals surface area contributed by atoms with Crippen molar-refractivity contribution in [1.82, 2.24) is 4.90 Å². The van der Waals surface area contributed by atoms with Crippen molar-refractivity contribution in [2.75, 3.05) is 6.54 Å². The van der Waals surface area contributed by atoms with Gasteiger partial charge in [0.25, 0.3) is 0 Å². The number of nitrogens with one attached hydrogen (secondary N) is 1. The number of carbonyl (C=O) groups is 1. The summed E-state index contributed by atoms with van der Waals surface area (Å²) in [5, 5.41) is 0. The third-order valence-electron chi connectivity index (χ3n) is 4.83. The first-order valence-electron chi connectivity index (χ1n) is 7.41. The number of piperidine rings is 1. The maximum atomic E-state index is 12.1. The molecule has 2 saturated heterocycles. The van der Waals surface area contributed by atoms with E-state index in [4.69, 9.17) is 4.74 Å². The van der Waals surface area contributed by atoms with Crippen LogP contribution in [0.4, 0.5) is 4.79 Å². The van der Waals surface area contributed by atoms with Crippen LogP contribution >= 0.6 is 0 Å². The maximum absolute atomic E-state index is 12.1. The lowest BCUT2D eigenvalue weighted by atomic mass is 9.84. The van der Waals surface area contributed by atoms with Gasteiger partial charge in [-0.2, -0.15) is 0 Å². The molecule has 0 aromatic heterocycles. The summed E-state index contributed by atoms with van der Waals surface area (Å²) < 4.78 is 5.50. The number of halogens is 1. The molecule has 4 aliphatic rings. The van der Waals surface area contributed by atoms with Crippen LogP contribution in [-0.2, 0) is 4.74 Å². The number of fused-ring (bicyclic) bond motifs is 2. The van der Waals surface area contributed by atoms with Gasteiger partial charge in [-0.05, 0) is 26.7 Å². The van der Waals surface area contributed by atoms with Crippen LogP contribution in [0, 0.1) is 5.92 Å². The van der Waals surface area contributed by atoms with Gasteiger partial charge >= 0.3 is 6.09 Å². The van der Waals surface area contributed by atoms with Gasteiger partial charge in [0.1, 0.15) is 17.5 Å². The highest BCUT2D eigenvalue weighted by Gasteiger charge is 2.51. The van der Waals surface area contributed by atoms with Gasteiger partial charge in [0.15, 0.2) is 12.0 Å². The number of aliphatic imine (C=N–C) groups is 2. The molecule has 0 spiro atoms. The summed E-state index contributed by atoms with van der Waals surface area (Å²) >= 11 is 0. The topological polar surface area (TPSA) is 58.7 Å². The SMILES string of the molecule is CC1(C)OC(=O)N2C[C@H](C3=C4C=NC=C[NH+]4C=N3)CC[C@H]21.[Cl-]. The second-order valence-corrected chi connectivity index (χ2v) is 6.52. The predicted molar refractivity (Wildman–Crippen MR) is 77.9 cm³/mol. The summed E-state index contributed by atoms with van der Waals surface area (Å²) in [5.41, 5.74) is 1.78. The van der Waals surface area contributed by atoms with Crippen LogP contribution < -0.4 is 17.3 Å². The van der Waals surface area contributed by atoms with Gasteiger partial charge in [0.05, 0.1) is 18.5 Å². The number of rotatable bonds is 1. The van der Waals surface area contributed by atoms with Gasteiger partial charge in [-0.1, -0.05) is 0 Å². The summed E-state index contributed by atoms with van der Waals surface area (Å²) in [6.07, 6.45) is 9.32. The normalized spacial score (nSPS) is 34.4. The molecule has 7 heteroatoms. The van der Waals surface area contributed by atoms with Crippen LogP contribution in [0.2, 0.25) is 0 Å². The van der Waals surface area contributed by atoms with Gasteiger partial charge in [0, 0.05) is 12.5 Å². The molecule has 0 radical (unpaired) electrons. The van der Waals surface area contributed by atoms with Crippen LogP contribution in [0.25, 0.3) is 0 Å². The van der Waals surface area contributed by atoms with Crippen LogP contribution in [0.5, 0.6) is 0 Å². The standard InChI is InChI=1S/C15H18N4O2.ClH/c1-15(2)12-4-3-10(8-19(12)14(20)21-15)13-11-7-16-5-6-18(11)9-17-13;/h5-7,9-10,12H,3-4,8H2,1-2H3;1H/t10-,12+;/m1./s1. The van der Waals surface area contributed by atoms with Crippen molar-refractivity contribution in [3.8, 4) is 0 Å². The molecule has 4 aliphatic heterocycles. The van der Waals surface area contributed by atoms with Gasteiger partial charge in [-0.25, -0.2) is 14.7 Å². The first-order valence-corrected chi connectivity index (χ1v) is 7.41. The molecule has 1 unspecified atom stereocenters. The largest absolute Gasteiger partial charge is 1.00 e. The third kappa shape index (κ3) is 2.18. The lowest BCUT2D eigenvalue weighted by Gasteiger charge is -2.36. The summed E-state index contributed by atoms with van der Waals surface area (Å²) in [7, 11) is 0. The van der Waals surface area contributed by atoms with Crippen LogP contribution in [-0.4, -0.2) is 41.7 Å². The Morgan fingerprint density at radius 2 is 2.23 bits per heavy atom. The van der Waals surface area contributed by atoms with Gasteiger partial charge in [0.2, 0.25) is 0 Å². The smallest absolute Gasteiger partial charge is 0.410 e. The zero-order valence-corrected chi connectivity index (χ0v) is 13.4. The maximum Gasteiger partial charge on any atom is 0.410 e. The molecule has 0 aliphatic carbocycles. The summed E-state index contributed by atoms with van der Waals surface area (Å²) in [5.74, 6) is 0.268. The average molecular weight is 323 g/mol. The van der Waals surface area contributed by atoms with E-state index in [1.165, 1.54) is 0 Å². The summed E-state index contributed by atoms with van der Waals surface area (Å²) in [6.45, 7) is 4.68. The second-order valence-electron chi connectivity index (χ2n) is 6.52. The minimum atomic E-state index is -0.384. The first-order chi connectivity index (χ1) is 10.1. The summed E-state index contributed by atoms with van der Waals surface area (Å²) in [6, 6.07) is 0.181. The molecular weight excluding hydrogens is 304 g/mol. The van der Waals surface area contributed by atoms with Crippen molar-refractivity contribution < 1.29 is 26.8 Å². The molecule has 3 atom stereocenters. The number of nitrogens with zero attached hydrogens (tertiary/aromatic N) is 3. The molecule has 4 heterocycles. The molecule has 0 aromatic carbocycles.